The van der Waals surface area contributed by atoms with Gasteiger partial charge in [0.25, 0.3) is 0 Å². The zero-order chi connectivity index (χ0) is 10.4. The van der Waals surface area contributed by atoms with Gasteiger partial charge >= 0.3 is 6.01 Å². The van der Waals surface area contributed by atoms with Crippen molar-refractivity contribution in [2.24, 2.45) is 0 Å². The van der Waals surface area contributed by atoms with Gasteiger partial charge < -0.3 is 9.32 Å². The molecule has 0 unspecified atom stereocenters. The molecule has 1 heterocycles. The van der Waals surface area contributed by atoms with E-state index in [-0.39, 0.29) is 0 Å². The zero-order valence-electron chi connectivity index (χ0n) is 8.66. The number of anilines is 1. The Hall–Kier alpha value is -0.770. The molecule has 0 amide bonds. The Morgan fingerprint density at radius 1 is 1.43 bits per heavy atom. The van der Waals surface area contributed by atoms with Crippen molar-refractivity contribution < 1.29 is 4.42 Å². The quantitative estimate of drug-likeness (QED) is 0.685. The Balaban J connectivity index is 2.48. The lowest BCUT2D eigenvalue weighted by Gasteiger charge is -2.12. The summed E-state index contributed by atoms with van der Waals surface area (Å²) in [5.41, 5.74) is 0. The SMILES string of the molecule is CCCCN(C)c1nnc(CCCl)o1. The van der Waals surface area contributed by atoms with Crippen molar-refractivity contribution >= 4 is 17.6 Å². The molecule has 0 atom stereocenters. The normalized spacial score (nSPS) is 10.5. The number of halogens is 1. The largest absolute Gasteiger partial charge is 0.408 e. The molecule has 0 spiro atoms. The van der Waals surface area contributed by atoms with Gasteiger partial charge in [0.05, 0.1) is 0 Å². The Bertz CT molecular complexity index is 264. The average molecular weight is 218 g/mol. The summed E-state index contributed by atoms with van der Waals surface area (Å²) < 4.78 is 5.40. The fraction of sp³-hybridized carbons (Fsp3) is 0.778. The van der Waals surface area contributed by atoms with E-state index in [9.17, 15) is 0 Å². The first kappa shape index (κ1) is 11.3. The zero-order valence-corrected chi connectivity index (χ0v) is 9.42. The van der Waals surface area contributed by atoms with Crippen LogP contribution in [-0.4, -0.2) is 29.7 Å². The number of aromatic nitrogens is 2. The van der Waals surface area contributed by atoms with Crippen LogP contribution in [0.25, 0.3) is 0 Å². The van der Waals surface area contributed by atoms with E-state index in [1.165, 1.54) is 0 Å². The molecule has 0 N–H and O–H groups in total. The third-order valence-corrected chi connectivity index (χ3v) is 2.13. The second kappa shape index (κ2) is 5.86. The number of aryl methyl sites for hydroxylation is 1. The summed E-state index contributed by atoms with van der Waals surface area (Å²) in [6.45, 7) is 3.10. The smallest absolute Gasteiger partial charge is 0.317 e. The lowest BCUT2D eigenvalue weighted by Crippen LogP contribution is -2.18. The van der Waals surface area contributed by atoms with Gasteiger partial charge in [0.15, 0.2) is 0 Å². The van der Waals surface area contributed by atoms with Gasteiger partial charge in [0.1, 0.15) is 0 Å². The van der Waals surface area contributed by atoms with Crippen LogP contribution < -0.4 is 4.90 Å². The summed E-state index contributed by atoms with van der Waals surface area (Å²) in [7, 11) is 1.95. The highest BCUT2D eigenvalue weighted by molar-refractivity contribution is 6.17. The van der Waals surface area contributed by atoms with Gasteiger partial charge in [-0.1, -0.05) is 18.4 Å². The van der Waals surface area contributed by atoms with Gasteiger partial charge in [-0.2, -0.15) is 0 Å². The number of alkyl halides is 1. The molecule has 0 aliphatic heterocycles. The second-order valence-corrected chi connectivity index (χ2v) is 3.57. The molecular formula is C9H16ClN3O. The van der Waals surface area contributed by atoms with Crippen molar-refractivity contribution in [1.82, 2.24) is 10.2 Å². The molecule has 0 aliphatic rings. The maximum atomic E-state index is 5.57. The summed E-state index contributed by atoms with van der Waals surface area (Å²) in [6, 6.07) is 0.582. The van der Waals surface area contributed by atoms with Crippen molar-refractivity contribution in [1.29, 1.82) is 0 Å². The Morgan fingerprint density at radius 3 is 2.86 bits per heavy atom. The van der Waals surface area contributed by atoms with Crippen LogP contribution in [0.3, 0.4) is 0 Å². The number of nitrogens with zero attached hydrogens (tertiary/aromatic N) is 3. The second-order valence-electron chi connectivity index (χ2n) is 3.19. The fourth-order valence-electron chi connectivity index (χ4n) is 1.07. The molecule has 0 aliphatic carbocycles. The third-order valence-electron chi connectivity index (χ3n) is 1.94. The first-order chi connectivity index (χ1) is 6.77. The maximum Gasteiger partial charge on any atom is 0.317 e. The van der Waals surface area contributed by atoms with E-state index in [1.54, 1.807) is 0 Å². The summed E-state index contributed by atoms with van der Waals surface area (Å²) >= 11 is 5.57. The van der Waals surface area contributed by atoms with E-state index in [4.69, 9.17) is 16.0 Å². The first-order valence-corrected chi connectivity index (χ1v) is 5.40. The predicted molar refractivity (Wildman–Crippen MR) is 56.9 cm³/mol. The van der Waals surface area contributed by atoms with Crippen LogP contribution in [0.2, 0.25) is 0 Å². The van der Waals surface area contributed by atoms with Gasteiger partial charge in [-0.05, 0) is 6.42 Å². The van der Waals surface area contributed by atoms with Crippen LogP contribution in [0.5, 0.6) is 0 Å². The molecular weight excluding hydrogens is 202 g/mol. The van der Waals surface area contributed by atoms with Crippen LogP contribution in [0.4, 0.5) is 6.01 Å². The van der Waals surface area contributed by atoms with E-state index in [0.717, 1.165) is 19.4 Å². The molecule has 5 heteroatoms. The molecule has 0 aromatic carbocycles. The van der Waals surface area contributed by atoms with Crippen LogP contribution >= 0.6 is 11.6 Å². The highest BCUT2D eigenvalue weighted by Crippen LogP contribution is 2.11. The first-order valence-electron chi connectivity index (χ1n) is 4.87. The van der Waals surface area contributed by atoms with Gasteiger partial charge in [-0.15, -0.1) is 16.7 Å². The third kappa shape index (κ3) is 3.18. The van der Waals surface area contributed by atoms with Crippen LogP contribution in [0, 0.1) is 0 Å². The monoisotopic (exact) mass is 217 g/mol. The Kier molecular flexibility index (Phi) is 4.73. The van der Waals surface area contributed by atoms with Gasteiger partial charge in [-0.3, -0.25) is 0 Å². The summed E-state index contributed by atoms with van der Waals surface area (Å²) in [4.78, 5) is 1.97. The molecule has 1 aromatic rings. The lowest BCUT2D eigenvalue weighted by molar-refractivity contribution is 0.494. The molecule has 0 fully saturated rings. The van der Waals surface area contributed by atoms with E-state index in [1.807, 2.05) is 11.9 Å². The fourth-order valence-corrected chi connectivity index (χ4v) is 1.23. The van der Waals surface area contributed by atoms with E-state index < -0.39 is 0 Å². The highest BCUT2D eigenvalue weighted by atomic mass is 35.5. The van der Waals surface area contributed by atoms with Crippen molar-refractivity contribution in [3.8, 4) is 0 Å². The topological polar surface area (TPSA) is 42.2 Å². The number of hydrogen-bond acceptors (Lipinski definition) is 4. The number of hydrogen-bond donors (Lipinski definition) is 0. The van der Waals surface area contributed by atoms with E-state index in [0.29, 0.717) is 24.2 Å². The Morgan fingerprint density at radius 2 is 2.21 bits per heavy atom. The predicted octanol–water partition coefficient (Wildman–Crippen LogP) is 2.09. The molecule has 0 bridgehead atoms. The van der Waals surface area contributed by atoms with E-state index >= 15 is 0 Å². The average Bonchev–Trinajstić information content (AvgIpc) is 2.63. The molecule has 4 nitrogen and oxygen atoms in total. The standard InChI is InChI=1S/C9H16ClN3O/c1-3-4-7-13(2)9-12-11-8(14-9)5-6-10/h3-7H2,1-2H3. The molecule has 1 aromatic heterocycles. The van der Waals surface area contributed by atoms with Crippen LogP contribution in [0.15, 0.2) is 4.42 Å². The van der Waals surface area contributed by atoms with Crippen molar-refractivity contribution in [3.05, 3.63) is 5.89 Å². The minimum atomic E-state index is 0.514. The van der Waals surface area contributed by atoms with Gasteiger partial charge in [-0.25, -0.2) is 0 Å². The van der Waals surface area contributed by atoms with Gasteiger partial charge in [0.2, 0.25) is 5.89 Å². The lowest BCUT2D eigenvalue weighted by atomic mass is 10.3. The molecule has 0 saturated heterocycles. The van der Waals surface area contributed by atoms with E-state index in [2.05, 4.69) is 17.1 Å². The maximum absolute atomic E-state index is 5.57. The van der Waals surface area contributed by atoms with Crippen molar-refractivity contribution in [2.75, 3.05) is 24.4 Å². The summed E-state index contributed by atoms with van der Waals surface area (Å²) in [5.74, 6) is 1.12. The summed E-state index contributed by atoms with van der Waals surface area (Å²) in [5, 5.41) is 7.83. The highest BCUT2D eigenvalue weighted by Gasteiger charge is 2.09. The van der Waals surface area contributed by atoms with Crippen molar-refractivity contribution in [2.45, 2.75) is 26.2 Å². The molecule has 1 rings (SSSR count). The molecule has 0 radical (unpaired) electrons. The minimum absolute atomic E-state index is 0.514. The molecule has 80 valence electrons. The number of rotatable bonds is 6. The minimum Gasteiger partial charge on any atom is -0.408 e. The molecule has 0 saturated carbocycles. The van der Waals surface area contributed by atoms with Crippen LogP contribution in [0.1, 0.15) is 25.7 Å². The number of unbranched alkanes of at least 4 members (excludes halogenated alkanes) is 1. The molecule has 14 heavy (non-hydrogen) atoms. The summed E-state index contributed by atoms with van der Waals surface area (Å²) in [6.07, 6.45) is 2.92. The van der Waals surface area contributed by atoms with Crippen LogP contribution in [-0.2, 0) is 6.42 Å². The van der Waals surface area contributed by atoms with Crippen molar-refractivity contribution in [3.63, 3.8) is 0 Å². The van der Waals surface area contributed by atoms with Gasteiger partial charge in [0, 0.05) is 25.9 Å². The Labute approximate surface area is 89.3 Å².